The molecular weight excluding hydrogens is 340 g/mol. The summed E-state index contributed by atoms with van der Waals surface area (Å²) in [6.07, 6.45) is 8.19. The number of benzene rings is 1. The first-order valence-corrected chi connectivity index (χ1v) is 10.2. The van der Waals surface area contributed by atoms with Gasteiger partial charge in [0.05, 0.1) is 0 Å². The van der Waals surface area contributed by atoms with Gasteiger partial charge in [0.2, 0.25) is 0 Å². The molecule has 3 rings (SSSR count). The molecule has 0 fully saturated rings. The van der Waals surface area contributed by atoms with E-state index in [0.717, 1.165) is 30.4 Å². The van der Waals surface area contributed by atoms with Gasteiger partial charge in [-0.05, 0) is 91.5 Å². The summed E-state index contributed by atoms with van der Waals surface area (Å²) in [6, 6.07) is 3.53. The van der Waals surface area contributed by atoms with Crippen molar-refractivity contribution in [3.63, 3.8) is 0 Å². The van der Waals surface area contributed by atoms with Gasteiger partial charge in [0.25, 0.3) is 0 Å². The van der Waals surface area contributed by atoms with Crippen LogP contribution in [0.15, 0.2) is 18.2 Å². The van der Waals surface area contributed by atoms with Gasteiger partial charge < -0.3 is 5.11 Å². The van der Waals surface area contributed by atoms with Gasteiger partial charge in [0, 0.05) is 15.3 Å². The molecule has 0 unspecified atom stereocenters. The van der Waals surface area contributed by atoms with Gasteiger partial charge in [0.15, 0.2) is 5.78 Å². The maximum Gasteiger partial charge on any atom is 0.185 e. The van der Waals surface area contributed by atoms with Crippen molar-refractivity contribution in [2.45, 2.75) is 60.3 Å². The quantitative estimate of drug-likeness (QED) is 0.527. The van der Waals surface area contributed by atoms with Crippen molar-refractivity contribution < 1.29 is 9.90 Å². The van der Waals surface area contributed by atoms with Crippen LogP contribution in [0.4, 0.5) is 0 Å². The number of hydrogen-bond acceptors (Lipinski definition) is 3. The Morgan fingerprint density at radius 3 is 2.50 bits per heavy atom. The first-order chi connectivity index (χ1) is 12.2. The zero-order chi connectivity index (χ0) is 19.1. The van der Waals surface area contributed by atoms with E-state index in [1.165, 1.54) is 27.3 Å². The van der Waals surface area contributed by atoms with E-state index in [2.05, 4.69) is 20.8 Å². The predicted molar refractivity (Wildman–Crippen MR) is 110 cm³/mol. The van der Waals surface area contributed by atoms with Gasteiger partial charge in [-0.2, -0.15) is 0 Å². The van der Waals surface area contributed by atoms with Gasteiger partial charge in [-0.25, -0.2) is 0 Å². The van der Waals surface area contributed by atoms with Crippen molar-refractivity contribution in [2.75, 3.05) is 0 Å². The number of thiophene rings is 1. The average Bonchev–Trinajstić information content (AvgIpc) is 2.92. The number of fused-ring (bicyclic) bond motifs is 1. The summed E-state index contributed by atoms with van der Waals surface area (Å²) < 4.78 is 0. The summed E-state index contributed by atoms with van der Waals surface area (Å²) in [5.74, 6) is 0.264. The predicted octanol–water partition coefficient (Wildman–Crippen LogP) is 6.04. The minimum Gasteiger partial charge on any atom is -0.507 e. The van der Waals surface area contributed by atoms with Crippen LogP contribution in [-0.4, -0.2) is 10.9 Å². The Morgan fingerprint density at radius 2 is 1.88 bits per heavy atom. The molecule has 1 aromatic carbocycles. The van der Waals surface area contributed by atoms with Crippen LogP contribution in [0, 0.1) is 19.3 Å². The smallest absolute Gasteiger partial charge is 0.185 e. The molecule has 1 heterocycles. The van der Waals surface area contributed by atoms with Crippen molar-refractivity contribution in [3.05, 3.63) is 55.8 Å². The molecule has 0 amide bonds. The van der Waals surface area contributed by atoms with E-state index in [1.807, 2.05) is 31.3 Å². The van der Waals surface area contributed by atoms with Gasteiger partial charge in [-0.15, -0.1) is 11.3 Å². The number of carbonyl (C=O) groups is 1. The third-order valence-electron chi connectivity index (χ3n) is 5.42. The molecule has 3 heteroatoms. The molecule has 0 saturated heterocycles. The lowest BCUT2D eigenvalue weighted by atomic mass is 9.74. The molecule has 0 spiro atoms. The highest BCUT2D eigenvalue weighted by Gasteiger charge is 2.29. The van der Waals surface area contributed by atoms with E-state index in [0.29, 0.717) is 11.0 Å². The fourth-order valence-corrected chi connectivity index (χ4v) is 5.06. The summed E-state index contributed by atoms with van der Waals surface area (Å²) >= 11 is 1.84. The number of carbonyl (C=O) groups excluding carboxylic acids is 1. The van der Waals surface area contributed by atoms with E-state index < -0.39 is 0 Å². The zero-order valence-corrected chi connectivity index (χ0v) is 17.2. The molecule has 26 heavy (non-hydrogen) atoms. The minimum atomic E-state index is -0.00691. The third-order valence-corrected chi connectivity index (χ3v) is 6.81. The number of aryl methyl sites for hydroxylation is 3. The van der Waals surface area contributed by atoms with Crippen molar-refractivity contribution in [3.8, 4) is 5.75 Å². The second-order valence-corrected chi connectivity index (χ2v) is 9.33. The number of ketones is 1. The highest BCUT2D eigenvalue weighted by Crippen LogP contribution is 2.42. The lowest BCUT2D eigenvalue weighted by Gasteiger charge is -2.30. The molecule has 2 nitrogen and oxygen atoms in total. The molecule has 1 aromatic heterocycles. The molecule has 0 bridgehead atoms. The number of phenols is 1. The van der Waals surface area contributed by atoms with E-state index in [4.69, 9.17) is 0 Å². The Bertz CT molecular complexity index is 861. The largest absolute Gasteiger partial charge is 0.507 e. The SMILES string of the molecule is CCc1sc(C=CC(=O)c2cc(C)c(O)c(C)c2)c2c1CC(C)(C)CC2. The Hall–Kier alpha value is -1.87. The molecule has 1 aliphatic carbocycles. The van der Waals surface area contributed by atoms with Crippen LogP contribution in [-0.2, 0) is 19.3 Å². The average molecular weight is 369 g/mol. The lowest BCUT2D eigenvalue weighted by molar-refractivity contribution is 0.104. The monoisotopic (exact) mass is 368 g/mol. The maximum atomic E-state index is 12.6. The minimum absolute atomic E-state index is 0.00691. The number of rotatable bonds is 4. The second kappa shape index (κ2) is 7.03. The van der Waals surface area contributed by atoms with Gasteiger partial charge in [0.1, 0.15) is 5.75 Å². The molecule has 1 N–H and O–H groups in total. The summed E-state index contributed by atoms with van der Waals surface area (Å²) in [4.78, 5) is 15.3. The van der Waals surface area contributed by atoms with Crippen molar-refractivity contribution in [1.29, 1.82) is 0 Å². The fraction of sp³-hybridized carbons (Fsp3) is 0.435. The molecular formula is C23H28O2S. The summed E-state index contributed by atoms with van der Waals surface area (Å²) in [7, 11) is 0. The van der Waals surface area contributed by atoms with Gasteiger partial charge >= 0.3 is 0 Å². The molecule has 0 radical (unpaired) electrons. The number of aromatic hydroxyl groups is 1. The van der Waals surface area contributed by atoms with Crippen LogP contribution in [0.2, 0.25) is 0 Å². The van der Waals surface area contributed by atoms with E-state index in [1.54, 1.807) is 18.2 Å². The van der Waals surface area contributed by atoms with Crippen LogP contribution in [0.25, 0.3) is 6.08 Å². The Labute approximate surface area is 160 Å². The standard InChI is InChI=1S/C23H28O2S/c1-6-20-18-13-23(4,5)10-9-17(18)21(26-20)8-7-19(24)16-11-14(2)22(25)15(3)12-16/h7-8,11-12,25H,6,9-10,13H2,1-5H3. The second-order valence-electron chi connectivity index (χ2n) is 8.20. The van der Waals surface area contributed by atoms with Gasteiger partial charge in [-0.3, -0.25) is 4.79 Å². The van der Waals surface area contributed by atoms with E-state index >= 15 is 0 Å². The van der Waals surface area contributed by atoms with Gasteiger partial charge in [-0.1, -0.05) is 20.8 Å². The van der Waals surface area contributed by atoms with Crippen LogP contribution in [0.3, 0.4) is 0 Å². The maximum absolute atomic E-state index is 12.6. The van der Waals surface area contributed by atoms with Crippen molar-refractivity contribution in [2.24, 2.45) is 5.41 Å². The Balaban J connectivity index is 1.90. The Kier molecular flexibility index (Phi) is 5.12. The normalized spacial score (nSPS) is 16.0. The third kappa shape index (κ3) is 3.64. The first-order valence-electron chi connectivity index (χ1n) is 9.38. The number of allylic oxidation sites excluding steroid dienone is 1. The van der Waals surface area contributed by atoms with E-state index in [-0.39, 0.29) is 11.5 Å². The Morgan fingerprint density at radius 1 is 1.23 bits per heavy atom. The van der Waals surface area contributed by atoms with Crippen LogP contribution >= 0.6 is 11.3 Å². The highest BCUT2D eigenvalue weighted by molar-refractivity contribution is 7.13. The van der Waals surface area contributed by atoms with Crippen LogP contribution in [0.1, 0.15) is 69.6 Å². The fourth-order valence-electron chi connectivity index (χ4n) is 3.85. The van der Waals surface area contributed by atoms with E-state index in [9.17, 15) is 9.90 Å². The summed E-state index contributed by atoms with van der Waals surface area (Å²) in [5.41, 5.74) is 5.47. The molecule has 0 aliphatic heterocycles. The van der Waals surface area contributed by atoms with Crippen LogP contribution in [0.5, 0.6) is 5.75 Å². The van der Waals surface area contributed by atoms with Crippen molar-refractivity contribution in [1.82, 2.24) is 0 Å². The molecule has 138 valence electrons. The summed E-state index contributed by atoms with van der Waals surface area (Å²) in [5, 5.41) is 9.90. The molecule has 0 atom stereocenters. The highest BCUT2D eigenvalue weighted by atomic mass is 32.1. The van der Waals surface area contributed by atoms with Crippen molar-refractivity contribution >= 4 is 23.2 Å². The molecule has 1 aliphatic rings. The number of hydrogen-bond donors (Lipinski definition) is 1. The first kappa shape index (κ1) is 18.9. The zero-order valence-electron chi connectivity index (χ0n) is 16.4. The molecule has 2 aromatic rings. The lowest BCUT2D eigenvalue weighted by Crippen LogP contribution is -2.22. The number of phenolic OH excluding ortho intramolecular Hbond substituents is 1. The topological polar surface area (TPSA) is 37.3 Å². The molecule has 0 saturated carbocycles. The van der Waals surface area contributed by atoms with Crippen LogP contribution < -0.4 is 0 Å². The summed E-state index contributed by atoms with van der Waals surface area (Å²) in [6.45, 7) is 10.6.